The Morgan fingerprint density at radius 3 is 2.72 bits per heavy atom. The minimum atomic E-state index is -0.314. The summed E-state index contributed by atoms with van der Waals surface area (Å²) < 4.78 is 9.34. The number of nitrogens with zero attached hydrogens (tertiary/aromatic N) is 1. The Hall–Kier alpha value is -2.83. The van der Waals surface area contributed by atoms with Crippen LogP contribution in [-0.4, -0.2) is 18.1 Å². The fraction of sp³-hybridized carbons (Fsp3) is 0.130. The fourth-order valence-electron chi connectivity index (χ4n) is 2.94. The molecule has 29 heavy (non-hydrogen) atoms. The Morgan fingerprint density at radius 1 is 1.10 bits per heavy atom. The number of ether oxygens (including phenoxy) is 1. The largest absolute Gasteiger partial charge is 0.465 e. The number of rotatable bonds is 6. The highest BCUT2D eigenvalue weighted by Crippen LogP contribution is 2.31. The van der Waals surface area contributed by atoms with Gasteiger partial charge in [0.2, 0.25) is 0 Å². The fourth-order valence-corrected chi connectivity index (χ4v) is 4.74. The van der Waals surface area contributed by atoms with Crippen molar-refractivity contribution >= 4 is 45.2 Å². The van der Waals surface area contributed by atoms with Gasteiger partial charge in [0.1, 0.15) is 5.01 Å². The maximum Gasteiger partial charge on any atom is 0.337 e. The highest BCUT2D eigenvalue weighted by molar-refractivity contribution is 7.99. The van der Waals surface area contributed by atoms with E-state index in [0.717, 1.165) is 33.1 Å². The smallest absolute Gasteiger partial charge is 0.337 e. The minimum Gasteiger partial charge on any atom is -0.465 e. The van der Waals surface area contributed by atoms with Gasteiger partial charge in [-0.2, -0.15) is 0 Å². The van der Waals surface area contributed by atoms with Crippen molar-refractivity contribution in [3.05, 3.63) is 83.4 Å². The number of anilines is 1. The van der Waals surface area contributed by atoms with E-state index in [1.54, 1.807) is 29.4 Å². The van der Waals surface area contributed by atoms with Gasteiger partial charge in [-0.1, -0.05) is 18.2 Å². The lowest BCUT2D eigenvalue weighted by atomic mass is 10.1. The molecule has 0 fully saturated rings. The third kappa shape index (κ3) is 4.60. The number of thiazole rings is 1. The molecule has 0 aliphatic heterocycles. The topological polar surface area (TPSA) is 51.2 Å². The van der Waals surface area contributed by atoms with E-state index in [2.05, 4.69) is 54.1 Å². The first kappa shape index (κ1) is 19.5. The van der Waals surface area contributed by atoms with Crippen molar-refractivity contribution in [2.24, 2.45) is 0 Å². The first-order valence-electron chi connectivity index (χ1n) is 9.15. The molecule has 0 saturated heterocycles. The second-order valence-corrected chi connectivity index (χ2v) is 8.46. The normalized spacial score (nSPS) is 10.8. The van der Waals surface area contributed by atoms with Crippen LogP contribution in [0.2, 0.25) is 0 Å². The molecule has 4 aromatic rings. The number of hydrogen-bond donors (Lipinski definition) is 1. The second-order valence-electron chi connectivity index (χ2n) is 6.65. The molecule has 0 aliphatic carbocycles. The van der Waals surface area contributed by atoms with E-state index in [1.165, 1.54) is 17.4 Å². The summed E-state index contributed by atoms with van der Waals surface area (Å²) in [6.45, 7) is 2.10. The molecule has 0 radical (unpaired) electrons. The van der Waals surface area contributed by atoms with E-state index in [-0.39, 0.29) is 5.97 Å². The van der Waals surface area contributed by atoms with Crippen LogP contribution < -0.4 is 4.72 Å². The molecule has 1 heterocycles. The van der Waals surface area contributed by atoms with Crippen molar-refractivity contribution in [3.63, 3.8) is 0 Å². The minimum absolute atomic E-state index is 0.314. The van der Waals surface area contributed by atoms with Crippen LogP contribution in [0, 0.1) is 6.92 Å². The van der Waals surface area contributed by atoms with E-state index in [9.17, 15) is 4.79 Å². The van der Waals surface area contributed by atoms with Crippen molar-refractivity contribution in [2.75, 3.05) is 11.8 Å². The predicted molar refractivity (Wildman–Crippen MR) is 122 cm³/mol. The van der Waals surface area contributed by atoms with Gasteiger partial charge in [-0.15, -0.1) is 11.3 Å². The van der Waals surface area contributed by atoms with Crippen molar-refractivity contribution in [1.82, 2.24) is 4.98 Å². The number of carbonyl (C=O) groups excluding carboxylic acids is 1. The van der Waals surface area contributed by atoms with Crippen molar-refractivity contribution < 1.29 is 9.53 Å². The number of hydrogen-bond acceptors (Lipinski definition) is 6. The first-order chi connectivity index (χ1) is 14.1. The molecular weight excluding hydrogens is 400 g/mol. The van der Waals surface area contributed by atoms with Crippen LogP contribution in [0.25, 0.3) is 20.8 Å². The Kier molecular flexibility index (Phi) is 5.83. The maximum absolute atomic E-state index is 11.6. The SMILES string of the molecule is COC(=O)c1cccc(CSNc2ccc(-c3nc4ccc(C)cc4s3)cc2)c1. The van der Waals surface area contributed by atoms with Crippen LogP contribution in [0.15, 0.2) is 66.7 Å². The Labute approximate surface area is 178 Å². The van der Waals surface area contributed by atoms with Gasteiger partial charge in [0, 0.05) is 17.0 Å². The number of carbonyl (C=O) groups is 1. The van der Waals surface area contributed by atoms with Crippen LogP contribution in [0.5, 0.6) is 0 Å². The van der Waals surface area contributed by atoms with Crippen LogP contribution >= 0.6 is 23.3 Å². The van der Waals surface area contributed by atoms with Crippen molar-refractivity contribution in [2.45, 2.75) is 12.7 Å². The van der Waals surface area contributed by atoms with Gasteiger partial charge >= 0.3 is 5.97 Å². The number of aromatic nitrogens is 1. The van der Waals surface area contributed by atoms with Crippen molar-refractivity contribution in [1.29, 1.82) is 0 Å². The maximum atomic E-state index is 11.6. The zero-order chi connectivity index (χ0) is 20.2. The third-order valence-electron chi connectivity index (χ3n) is 4.45. The number of fused-ring (bicyclic) bond motifs is 1. The average molecular weight is 421 g/mol. The zero-order valence-corrected chi connectivity index (χ0v) is 17.8. The Balaban J connectivity index is 1.39. The van der Waals surface area contributed by atoms with Gasteiger partial charge in [-0.05, 0) is 78.5 Å². The lowest BCUT2D eigenvalue weighted by Crippen LogP contribution is -2.01. The number of nitrogens with one attached hydrogen (secondary N) is 1. The van der Waals surface area contributed by atoms with Crippen LogP contribution in [-0.2, 0) is 10.5 Å². The summed E-state index contributed by atoms with van der Waals surface area (Å²) in [4.78, 5) is 16.4. The van der Waals surface area contributed by atoms with E-state index < -0.39 is 0 Å². The molecule has 0 bridgehead atoms. The highest BCUT2D eigenvalue weighted by Gasteiger charge is 2.07. The molecule has 146 valence electrons. The Bertz CT molecular complexity index is 1150. The number of esters is 1. The molecule has 0 aliphatic rings. The number of methoxy groups -OCH3 is 1. The van der Waals surface area contributed by atoms with Crippen LogP contribution in [0.3, 0.4) is 0 Å². The van der Waals surface area contributed by atoms with E-state index in [0.29, 0.717) is 5.56 Å². The third-order valence-corrected chi connectivity index (χ3v) is 6.38. The summed E-state index contributed by atoms with van der Waals surface area (Å²) in [5, 5.41) is 1.03. The molecule has 4 nitrogen and oxygen atoms in total. The summed E-state index contributed by atoms with van der Waals surface area (Å²) in [6, 6.07) is 22.1. The molecule has 0 unspecified atom stereocenters. The van der Waals surface area contributed by atoms with Crippen LogP contribution in [0.4, 0.5) is 5.69 Å². The van der Waals surface area contributed by atoms with Gasteiger partial charge in [0.15, 0.2) is 0 Å². The van der Waals surface area contributed by atoms with Crippen molar-refractivity contribution in [3.8, 4) is 10.6 Å². The summed E-state index contributed by atoms with van der Waals surface area (Å²) in [5.74, 6) is 0.425. The van der Waals surface area contributed by atoms with E-state index in [1.807, 2.05) is 18.2 Å². The highest BCUT2D eigenvalue weighted by atomic mass is 32.2. The van der Waals surface area contributed by atoms with E-state index >= 15 is 0 Å². The molecule has 1 N–H and O–H groups in total. The summed E-state index contributed by atoms with van der Waals surface area (Å²) >= 11 is 3.30. The molecule has 0 spiro atoms. The summed E-state index contributed by atoms with van der Waals surface area (Å²) in [6.07, 6.45) is 0. The number of aryl methyl sites for hydroxylation is 1. The standard InChI is InChI=1S/C23H20N2O2S2/c1-15-6-11-20-21(12-15)29-22(24-20)17-7-9-19(10-8-17)25-28-14-16-4-3-5-18(13-16)23(26)27-2/h3-13,25H,14H2,1-2H3. The average Bonchev–Trinajstić information content (AvgIpc) is 3.17. The number of benzene rings is 3. The van der Waals surface area contributed by atoms with Gasteiger partial charge in [-0.25, -0.2) is 9.78 Å². The lowest BCUT2D eigenvalue weighted by molar-refractivity contribution is 0.0600. The molecule has 3 aromatic carbocycles. The zero-order valence-electron chi connectivity index (χ0n) is 16.1. The predicted octanol–water partition coefficient (Wildman–Crippen LogP) is 6.32. The molecule has 0 amide bonds. The monoisotopic (exact) mass is 420 g/mol. The molecule has 0 saturated carbocycles. The molecule has 4 rings (SSSR count). The van der Waals surface area contributed by atoms with Gasteiger partial charge in [0.05, 0.1) is 22.9 Å². The summed E-state index contributed by atoms with van der Waals surface area (Å²) in [5.41, 5.74) is 6.07. The first-order valence-corrected chi connectivity index (χ1v) is 11.0. The van der Waals surface area contributed by atoms with Crippen LogP contribution in [0.1, 0.15) is 21.5 Å². The lowest BCUT2D eigenvalue weighted by Gasteiger charge is -2.07. The summed E-state index contributed by atoms with van der Waals surface area (Å²) in [7, 11) is 1.39. The quantitative estimate of drug-likeness (QED) is 0.292. The van der Waals surface area contributed by atoms with Gasteiger partial charge in [-0.3, -0.25) is 0 Å². The molecular formula is C23H20N2O2S2. The molecule has 0 atom stereocenters. The van der Waals surface area contributed by atoms with Gasteiger partial charge in [0.25, 0.3) is 0 Å². The second kappa shape index (κ2) is 8.68. The Morgan fingerprint density at radius 2 is 1.93 bits per heavy atom. The van der Waals surface area contributed by atoms with E-state index in [4.69, 9.17) is 9.72 Å². The van der Waals surface area contributed by atoms with Gasteiger partial charge < -0.3 is 9.46 Å². The molecule has 6 heteroatoms. The molecule has 1 aromatic heterocycles.